The van der Waals surface area contributed by atoms with Gasteiger partial charge in [-0.3, -0.25) is 4.79 Å². The van der Waals surface area contributed by atoms with E-state index in [9.17, 15) is 9.59 Å². The first-order valence-electron chi connectivity index (χ1n) is 4.89. The first kappa shape index (κ1) is 11.9. The molecule has 86 valence electrons. The summed E-state index contributed by atoms with van der Waals surface area (Å²) < 4.78 is 4.77. The highest BCUT2D eigenvalue weighted by molar-refractivity contribution is 5.85. The molecule has 1 aliphatic carbocycles. The van der Waals surface area contributed by atoms with E-state index in [0.29, 0.717) is 13.1 Å². The second-order valence-electron chi connectivity index (χ2n) is 3.69. The van der Waals surface area contributed by atoms with Crippen molar-refractivity contribution >= 4 is 11.9 Å². The largest absolute Gasteiger partial charge is 0.480 e. The van der Waals surface area contributed by atoms with Crippen molar-refractivity contribution in [1.29, 1.82) is 0 Å². The van der Waals surface area contributed by atoms with Crippen LogP contribution in [-0.4, -0.2) is 43.3 Å². The van der Waals surface area contributed by atoms with Gasteiger partial charge in [-0.25, -0.2) is 4.79 Å². The quantitative estimate of drug-likeness (QED) is 0.471. The van der Waals surface area contributed by atoms with Crippen molar-refractivity contribution in [1.82, 2.24) is 5.32 Å². The second-order valence-corrected chi connectivity index (χ2v) is 3.69. The van der Waals surface area contributed by atoms with Crippen LogP contribution in [0.5, 0.6) is 0 Å². The number of carboxylic acids is 1. The molecule has 1 amide bonds. The molecule has 6 heteroatoms. The SMILES string of the molecule is NCC1(C(=O)NCCOCC(=O)O)CC1. The molecule has 0 heterocycles. The van der Waals surface area contributed by atoms with Gasteiger partial charge in [0.15, 0.2) is 0 Å². The van der Waals surface area contributed by atoms with Crippen LogP contribution in [0, 0.1) is 5.41 Å². The Morgan fingerprint density at radius 2 is 2.13 bits per heavy atom. The Morgan fingerprint density at radius 3 is 2.60 bits per heavy atom. The van der Waals surface area contributed by atoms with Crippen LogP contribution in [0.25, 0.3) is 0 Å². The summed E-state index contributed by atoms with van der Waals surface area (Å²) in [6, 6.07) is 0. The molecule has 15 heavy (non-hydrogen) atoms. The van der Waals surface area contributed by atoms with Gasteiger partial charge in [-0.2, -0.15) is 0 Å². The maximum atomic E-state index is 11.5. The van der Waals surface area contributed by atoms with E-state index in [-0.39, 0.29) is 24.5 Å². The van der Waals surface area contributed by atoms with E-state index in [0.717, 1.165) is 12.8 Å². The maximum absolute atomic E-state index is 11.5. The van der Waals surface area contributed by atoms with Crippen molar-refractivity contribution in [3.8, 4) is 0 Å². The topological polar surface area (TPSA) is 102 Å². The zero-order valence-electron chi connectivity index (χ0n) is 8.49. The Hall–Kier alpha value is -1.14. The molecule has 1 fully saturated rings. The molecule has 4 N–H and O–H groups in total. The van der Waals surface area contributed by atoms with Gasteiger partial charge in [0.05, 0.1) is 12.0 Å². The van der Waals surface area contributed by atoms with Crippen LogP contribution in [0.15, 0.2) is 0 Å². The molecule has 0 atom stereocenters. The number of amides is 1. The first-order chi connectivity index (χ1) is 7.10. The van der Waals surface area contributed by atoms with E-state index in [1.54, 1.807) is 0 Å². The van der Waals surface area contributed by atoms with Gasteiger partial charge >= 0.3 is 5.97 Å². The lowest BCUT2D eigenvalue weighted by Crippen LogP contribution is -2.38. The summed E-state index contributed by atoms with van der Waals surface area (Å²) in [6.45, 7) is 0.569. The minimum absolute atomic E-state index is 0.0519. The van der Waals surface area contributed by atoms with Crippen LogP contribution >= 0.6 is 0 Å². The molecule has 1 aliphatic rings. The molecule has 0 bridgehead atoms. The number of carbonyl (C=O) groups excluding carboxylic acids is 1. The second kappa shape index (κ2) is 5.09. The average molecular weight is 216 g/mol. The lowest BCUT2D eigenvalue weighted by Gasteiger charge is -2.12. The van der Waals surface area contributed by atoms with Crippen LogP contribution in [0.1, 0.15) is 12.8 Å². The van der Waals surface area contributed by atoms with Crippen LogP contribution in [0.2, 0.25) is 0 Å². The number of carboxylic acid groups (broad SMARTS) is 1. The molecule has 0 aromatic heterocycles. The van der Waals surface area contributed by atoms with E-state index < -0.39 is 5.97 Å². The number of nitrogens with one attached hydrogen (secondary N) is 1. The Morgan fingerprint density at radius 1 is 1.47 bits per heavy atom. The van der Waals surface area contributed by atoms with Crippen LogP contribution < -0.4 is 11.1 Å². The first-order valence-corrected chi connectivity index (χ1v) is 4.89. The molecule has 6 nitrogen and oxygen atoms in total. The molecule has 0 aromatic rings. The molecule has 0 saturated heterocycles. The molecular weight excluding hydrogens is 200 g/mol. The summed E-state index contributed by atoms with van der Waals surface area (Å²) in [7, 11) is 0. The fourth-order valence-corrected chi connectivity index (χ4v) is 1.26. The number of rotatable bonds is 7. The highest BCUT2D eigenvalue weighted by Crippen LogP contribution is 2.44. The fourth-order valence-electron chi connectivity index (χ4n) is 1.26. The van der Waals surface area contributed by atoms with Gasteiger partial charge in [-0.1, -0.05) is 0 Å². The molecule has 1 saturated carbocycles. The minimum atomic E-state index is -1.01. The molecule has 0 aromatic carbocycles. The van der Waals surface area contributed by atoms with E-state index in [1.165, 1.54) is 0 Å². The van der Waals surface area contributed by atoms with E-state index in [2.05, 4.69) is 5.32 Å². The van der Waals surface area contributed by atoms with Crippen LogP contribution in [0.4, 0.5) is 0 Å². The van der Waals surface area contributed by atoms with Gasteiger partial charge in [0.2, 0.25) is 5.91 Å². The number of carbonyl (C=O) groups is 2. The predicted octanol–water partition coefficient (Wildman–Crippen LogP) is -1.06. The summed E-state index contributed by atoms with van der Waals surface area (Å²) in [5.74, 6) is -1.06. The Labute approximate surface area is 87.8 Å². The van der Waals surface area contributed by atoms with Gasteiger partial charge in [0, 0.05) is 13.1 Å². The van der Waals surface area contributed by atoms with E-state index in [4.69, 9.17) is 15.6 Å². The highest BCUT2D eigenvalue weighted by atomic mass is 16.5. The Balaban J connectivity index is 2.05. The van der Waals surface area contributed by atoms with E-state index in [1.807, 2.05) is 0 Å². The lowest BCUT2D eigenvalue weighted by molar-refractivity contribution is -0.142. The number of ether oxygens (including phenoxy) is 1. The monoisotopic (exact) mass is 216 g/mol. The minimum Gasteiger partial charge on any atom is -0.480 e. The van der Waals surface area contributed by atoms with Crippen molar-refractivity contribution in [3.63, 3.8) is 0 Å². The number of nitrogens with two attached hydrogens (primary N) is 1. The lowest BCUT2D eigenvalue weighted by atomic mass is 10.1. The average Bonchev–Trinajstić information content (AvgIpc) is 2.97. The van der Waals surface area contributed by atoms with Crippen molar-refractivity contribution in [2.24, 2.45) is 11.1 Å². The van der Waals surface area contributed by atoms with E-state index >= 15 is 0 Å². The summed E-state index contributed by atoms with van der Waals surface area (Å²) in [5, 5.41) is 10.9. The fraction of sp³-hybridized carbons (Fsp3) is 0.778. The molecule has 0 radical (unpaired) electrons. The number of hydrogen-bond acceptors (Lipinski definition) is 4. The zero-order valence-corrected chi connectivity index (χ0v) is 8.49. The van der Waals surface area contributed by atoms with Crippen LogP contribution in [-0.2, 0) is 14.3 Å². The zero-order chi connectivity index (χ0) is 11.3. The van der Waals surface area contributed by atoms with Crippen molar-refractivity contribution < 1.29 is 19.4 Å². The third-order valence-electron chi connectivity index (χ3n) is 2.48. The molecule has 1 rings (SSSR count). The molecule has 0 spiro atoms. The number of aliphatic carboxylic acids is 1. The van der Waals surface area contributed by atoms with Crippen molar-refractivity contribution in [3.05, 3.63) is 0 Å². The summed E-state index contributed by atoms with van der Waals surface area (Å²) in [5.41, 5.74) is 5.12. The molecule has 0 unspecified atom stereocenters. The Bertz CT molecular complexity index is 250. The smallest absolute Gasteiger partial charge is 0.329 e. The highest BCUT2D eigenvalue weighted by Gasteiger charge is 2.48. The standard InChI is InChI=1S/C9H16N2O4/c10-6-9(1-2-9)8(14)11-3-4-15-5-7(12)13/h1-6,10H2,(H,11,14)(H,12,13). The van der Waals surface area contributed by atoms with Crippen LogP contribution in [0.3, 0.4) is 0 Å². The summed E-state index contributed by atoms with van der Waals surface area (Å²) in [4.78, 5) is 21.6. The maximum Gasteiger partial charge on any atom is 0.329 e. The van der Waals surface area contributed by atoms with Gasteiger partial charge in [0.25, 0.3) is 0 Å². The van der Waals surface area contributed by atoms with Crippen molar-refractivity contribution in [2.75, 3.05) is 26.3 Å². The van der Waals surface area contributed by atoms with Gasteiger partial charge in [-0.05, 0) is 12.8 Å². The molecule has 0 aliphatic heterocycles. The summed E-state index contributed by atoms with van der Waals surface area (Å²) >= 11 is 0. The molecular formula is C9H16N2O4. The van der Waals surface area contributed by atoms with Gasteiger partial charge < -0.3 is 20.9 Å². The Kier molecular flexibility index (Phi) is 4.05. The number of hydrogen-bond donors (Lipinski definition) is 3. The predicted molar refractivity (Wildman–Crippen MR) is 52.2 cm³/mol. The van der Waals surface area contributed by atoms with Crippen molar-refractivity contribution in [2.45, 2.75) is 12.8 Å². The third kappa shape index (κ3) is 3.49. The van der Waals surface area contributed by atoms with Gasteiger partial charge in [0.1, 0.15) is 6.61 Å². The third-order valence-corrected chi connectivity index (χ3v) is 2.48. The summed E-state index contributed by atoms with van der Waals surface area (Å²) in [6.07, 6.45) is 1.68. The normalized spacial score (nSPS) is 17.1. The van der Waals surface area contributed by atoms with Gasteiger partial charge in [-0.15, -0.1) is 0 Å².